The van der Waals surface area contributed by atoms with Gasteiger partial charge in [-0.15, -0.1) is 0 Å². The molecule has 4 rings (SSSR count). The van der Waals surface area contributed by atoms with Crippen LogP contribution in [-0.4, -0.2) is 43.6 Å². The molecule has 0 spiro atoms. The van der Waals surface area contributed by atoms with Gasteiger partial charge in [-0.25, -0.2) is 4.98 Å². The highest BCUT2D eigenvalue weighted by molar-refractivity contribution is 5.92. The summed E-state index contributed by atoms with van der Waals surface area (Å²) in [6, 6.07) is 16.1. The molecule has 1 aromatic heterocycles. The van der Waals surface area contributed by atoms with Gasteiger partial charge in [-0.05, 0) is 31.0 Å². The van der Waals surface area contributed by atoms with E-state index in [1.165, 1.54) is 15.4 Å². The van der Waals surface area contributed by atoms with Crippen LogP contribution in [0.1, 0.15) is 17.0 Å². The average molecular weight is 407 g/mol. The molecule has 0 radical (unpaired) electrons. The lowest BCUT2D eigenvalue weighted by molar-refractivity contribution is -1.02. The highest BCUT2D eigenvalue weighted by Gasteiger charge is 2.26. The minimum absolute atomic E-state index is 0.0855. The topological polar surface area (TPSA) is 64.0 Å². The molecule has 2 aromatic carbocycles. The highest BCUT2D eigenvalue weighted by Crippen LogP contribution is 2.19. The Labute approximate surface area is 177 Å². The molecule has 3 N–H and O–H groups in total. The maximum Gasteiger partial charge on any atom is 0.279 e. The standard InChI is InChI=1S/C24H28N4O2/c1-18-7-6-10-21(19(18)2)26-23(29)16-27-11-13-28(14-12-27)17-24-25-15-22(30-24)20-8-4-3-5-9-20/h3-10,15H,11-14,16-17H2,1-2H3,(H,26,29)/p+2. The molecule has 0 unspecified atom stereocenters. The van der Waals surface area contributed by atoms with Crippen molar-refractivity contribution in [2.75, 3.05) is 38.0 Å². The quantitative estimate of drug-likeness (QED) is 0.570. The van der Waals surface area contributed by atoms with E-state index in [0.717, 1.165) is 61.2 Å². The fourth-order valence-electron chi connectivity index (χ4n) is 3.96. The number of carbonyl (C=O) groups is 1. The number of benzene rings is 2. The third-order valence-corrected chi connectivity index (χ3v) is 5.97. The minimum Gasteiger partial charge on any atom is -0.435 e. The summed E-state index contributed by atoms with van der Waals surface area (Å²) in [6.07, 6.45) is 1.81. The van der Waals surface area contributed by atoms with Gasteiger partial charge in [0.25, 0.3) is 11.8 Å². The van der Waals surface area contributed by atoms with E-state index in [9.17, 15) is 4.79 Å². The van der Waals surface area contributed by atoms with E-state index in [1.54, 1.807) is 0 Å². The van der Waals surface area contributed by atoms with E-state index in [1.807, 2.05) is 55.6 Å². The van der Waals surface area contributed by atoms with Crippen LogP contribution in [-0.2, 0) is 11.3 Å². The summed E-state index contributed by atoms with van der Waals surface area (Å²) in [6.45, 7) is 9.38. The van der Waals surface area contributed by atoms with Gasteiger partial charge in [-0.3, -0.25) is 4.79 Å². The van der Waals surface area contributed by atoms with E-state index < -0.39 is 0 Å². The first-order chi connectivity index (χ1) is 14.6. The van der Waals surface area contributed by atoms with Crippen molar-refractivity contribution in [3.05, 3.63) is 71.7 Å². The van der Waals surface area contributed by atoms with Crippen molar-refractivity contribution >= 4 is 11.6 Å². The molecule has 0 saturated carbocycles. The van der Waals surface area contributed by atoms with Crippen molar-refractivity contribution in [3.63, 3.8) is 0 Å². The molecule has 3 aromatic rings. The normalized spacial score (nSPS) is 18.9. The lowest BCUT2D eigenvalue weighted by Crippen LogP contribution is -3.28. The first kappa shape index (κ1) is 20.3. The van der Waals surface area contributed by atoms with Crippen molar-refractivity contribution in [2.45, 2.75) is 20.4 Å². The van der Waals surface area contributed by atoms with E-state index in [2.05, 4.69) is 23.3 Å². The lowest BCUT2D eigenvalue weighted by atomic mass is 10.1. The summed E-state index contributed by atoms with van der Waals surface area (Å²) in [5, 5.41) is 3.08. The van der Waals surface area contributed by atoms with Crippen molar-refractivity contribution in [3.8, 4) is 11.3 Å². The molecule has 156 valence electrons. The van der Waals surface area contributed by atoms with Crippen LogP contribution in [0.25, 0.3) is 11.3 Å². The van der Waals surface area contributed by atoms with Crippen molar-refractivity contribution < 1.29 is 19.0 Å². The number of oxazole rings is 1. The van der Waals surface area contributed by atoms with Gasteiger partial charge in [0.15, 0.2) is 18.8 Å². The number of aromatic nitrogens is 1. The number of anilines is 1. The summed E-state index contributed by atoms with van der Waals surface area (Å²) in [7, 11) is 0. The predicted molar refractivity (Wildman–Crippen MR) is 116 cm³/mol. The van der Waals surface area contributed by atoms with Crippen LogP contribution in [0.5, 0.6) is 0 Å². The molecule has 1 amide bonds. The van der Waals surface area contributed by atoms with Gasteiger partial charge >= 0.3 is 0 Å². The first-order valence-corrected chi connectivity index (χ1v) is 10.6. The Bertz CT molecular complexity index is 991. The Morgan fingerprint density at radius 3 is 2.50 bits per heavy atom. The number of hydrogen-bond donors (Lipinski definition) is 3. The molecule has 1 aliphatic rings. The molecule has 1 saturated heterocycles. The van der Waals surface area contributed by atoms with Crippen molar-refractivity contribution in [2.24, 2.45) is 0 Å². The summed E-state index contributed by atoms with van der Waals surface area (Å²) >= 11 is 0. The molecule has 2 heterocycles. The van der Waals surface area contributed by atoms with Gasteiger partial charge in [0.1, 0.15) is 26.2 Å². The van der Waals surface area contributed by atoms with Gasteiger partial charge in [0.2, 0.25) is 0 Å². The predicted octanol–water partition coefficient (Wildman–Crippen LogP) is 0.881. The smallest absolute Gasteiger partial charge is 0.279 e. The molecule has 1 aliphatic heterocycles. The van der Waals surface area contributed by atoms with Crippen LogP contribution in [0.2, 0.25) is 0 Å². The fourth-order valence-corrected chi connectivity index (χ4v) is 3.96. The number of hydrogen-bond acceptors (Lipinski definition) is 3. The molecular weight excluding hydrogens is 376 g/mol. The Morgan fingerprint density at radius 2 is 1.73 bits per heavy atom. The molecule has 1 fully saturated rings. The summed E-state index contributed by atoms with van der Waals surface area (Å²) in [4.78, 5) is 19.7. The molecule has 0 atom stereocenters. The first-order valence-electron chi connectivity index (χ1n) is 10.6. The molecular formula is C24H30N4O2+2. The number of amides is 1. The second-order valence-electron chi connectivity index (χ2n) is 8.13. The Hall–Kier alpha value is -2.96. The van der Waals surface area contributed by atoms with Gasteiger partial charge in [0.05, 0.1) is 6.20 Å². The van der Waals surface area contributed by atoms with Crippen LogP contribution < -0.4 is 15.1 Å². The fraction of sp³-hybridized carbons (Fsp3) is 0.333. The maximum atomic E-state index is 12.5. The van der Waals surface area contributed by atoms with Gasteiger partial charge in [-0.2, -0.15) is 0 Å². The van der Waals surface area contributed by atoms with E-state index in [4.69, 9.17) is 4.42 Å². The molecule has 6 heteroatoms. The summed E-state index contributed by atoms with van der Waals surface area (Å²) < 4.78 is 5.95. The van der Waals surface area contributed by atoms with Crippen LogP contribution in [0, 0.1) is 13.8 Å². The third kappa shape index (κ3) is 4.96. The molecule has 0 aliphatic carbocycles. The zero-order valence-corrected chi connectivity index (χ0v) is 17.7. The number of aryl methyl sites for hydroxylation is 1. The number of rotatable bonds is 6. The Morgan fingerprint density at radius 1 is 1.00 bits per heavy atom. The zero-order chi connectivity index (χ0) is 20.9. The average Bonchev–Trinajstić information content (AvgIpc) is 3.22. The Balaban J connectivity index is 1.25. The SMILES string of the molecule is Cc1cccc(NC(=O)C[NH+]2CC[NH+](Cc3ncc(-c4ccccc4)o3)CC2)c1C. The van der Waals surface area contributed by atoms with Crippen molar-refractivity contribution in [1.29, 1.82) is 0 Å². The molecule has 6 nitrogen and oxygen atoms in total. The zero-order valence-electron chi connectivity index (χ0n) is 17.7. The van der Waals surface area contributed by atoms with E-state index in [0.29, 0.717) is 6.54 Å². The second kappa shape index (κ2) is 9.24. The molecule has 0 bridgehead atoms. The highest BCUT2D eigenvalue weighted by atomic mass is 16.4. The second-order valence-corrected chi connectivity index (χ2v) is 8.13. The number of nitrogens with zero attached hydrogens (tertiary/aromatic N) is 1. The minimum atomic E-state index is 0.0855. The number of quaternary nitrogens is 2. The largest absolute Gasteiger partial charge is 0.435 e. The van der Waals surface area contributed by atoms with Gasteiger partial charge < -0.3 is 19.5 Å². The number of piperazine rings is 1. The summed E-state index contributed by atoms with van der Waals surface area (Å²) in [5.74, 6) is 1.68. The van der Waals surface area contributed by atoms with Gasteiger partial charge in [0, 0.05) is 11.3 Å². The Kier molecular flexibility index (Phi) is 6.26. The summed E-state index contributed by atoms with van der Waals surface area (Å²) in [5.41, 5.74) is 4.30. The van der Waals surface area contributed by atoms with Crippen molar-refractivity contribution in [1.82, 2.24) is 4.98 Å². The lowest BCUT2D eigenvalue weighted by Gasteiger charge is -2.28. The maximum absolute atomic E-state index is 12.5. The van der Waals surface area contributed by atoms with Crippen LogP contribution in [0.3, 0.4) is 0 Å². The van der Waals surface area contributed by atoms with Gasteiger partial charge in [-0.1, -0.05) is 42.5 Å². The monoisotopic (exact) mass is 406 g/mol. The van der Waals surface area contributed by atoms with Crippen LogP contribution in [0.4, 0.5) is 5.69 Å². The van der Waals surface area contributed by atoms with Crippen LogP contribution >= 0.6 is 0 Å². The van der Waals surface area contributed by atoms with E-state index >= 15 is 0 Å². The molecule has 30 heavy (non-hydrogen) atoms. The van der Waals surface area contributed by atoms with Crippen LogP contribution in [0.15, 0.2) is 59.1 Å². The van der Waals surface area contributed by atoms with E-state index in [-0.39, 0.29) is 5.91 Å². The number of carbonyl (C=O) groups excluding carboxylic acids is 1. The third-order valence-electron chi connectivity index (χ3n) is 5.97. The number of nitrogens with one attached hydrogen (secondary N) is 3.